The van der Waals surface area contributed by atoms with Crippen molar-refractivity contribution in [2.24, 2.45) is 0 Å². The minimum atomic E-state index is 0.417. The first kappa shape index (κ1) is 13.0. The molecule has 1 atom stereocenters. The predicted octanol–water partition coefficient (Wildman–Crippen LogP) is 4.06. The second-order valence-electron chi connectivity index (χ2n) is 5.24. The number of fused-ring (bicyclic) bond motifs is 1. The van der Waals surface area contributed by atoms with Gasteiger partial charge >= 0.3 is 0 Å². The number of nitrogens with one attached hydrogen (secondary N) is 2. The van der Waals surface area contributed by atoms with E-state index in [1.165, 1.54) is 40.4 Å². The lowest BCUT2D eigenvalue weighted by Gasteiger charge is -2.23. The maximum Gasteiger partial charge on any atom is 0.143 e. The van der Waals surface area contributed by atoms with Gasteiger partial charge in [0.05, 0.1) is 12.6 Å². The minimum Gasteiger partial charge on any atom is -0.495 e. The van der Waals surface area contributed by atoms with Gasteiger partial charge in [-0.1, -0.05) is 6.42 Å². The highest BCUT2D eigenvalue weighted by Crippen LogP contribution is 2.38. The van der Waals surface area contributed by atoms with E-state index >= 15 is 0 Å². The van der Waals surface area contributed by atoms with Crippen LogP contribution in [0.3, 0.4) is 0 Å². The average molecular weight is 323 g/mol. The highest BCUT2D eigenvalue weighted by Gasteiger charge is 2.22. The zero-order valence-electron chi connectivity index (χ0n) is 11.3. The molecule has 0 radical (unpaired) electrons. The van der Waals surface area contributed by atoms with Crippen molar-refractivity contribution >= 4 is 26.8 Å². The molecule has 1 fully saturated rings. The van der Waals surface area contributed by atoms with Gasteiger partial charge < -0.3 is 15.0 Å². The highest BCUT2D eigenvalue weighted by atomic mass is 79.9. The number of ether oxygens (including phenoxy) is 1. The lowest BCUT2D eigenvalue weighted by atomic mass is 10.0. The molecule has 102 valence electrons. The zero-order chi connectivity index (χ0) is 13.4. The van der Waals surface area contributed by atoms with Gasteiger partial charge in [-0.2, -0.15) is 0 Å². The van der Waals surface area contributed by atoms with Gasteiger partial charge in [0.2, 0.25) is 0 Å². The summed E-state index contributed by atoms with van der Waals surface area (Å²) in [7, 11) is 1.72. The van der Waals surface area contributed by atoms with Crippen molar-refractivity contribution in [3.63, 3.8) is 0 Å². The fraction of sp³-hybridized carbons (Fsp3) is 0.467. The van der Waals surface area contributed by atoms with Crippen molar-refractivity contribution in [3.05, 3.63) is 27.9 Å². The lowest BCUT2D eigenvalue weighted by molar-refractivity contribution is 0.404. The number of aromatic amines is 1. The number of rotatable bonds is 2. The van der Waals surface area contributed by atoms with Crippen molar-refractivity contribution in [1.29, 1.82) is 0 Å². The molecule has 1 aliphatic rings. The summed E-state index contributed by atoms with van der Waals surface area (Å²) >= 11 is 3.76. The first-order valence-electron chi connectivity index (χ1n) is 6.80. The van der Waals surface area contributed by atoms with Crippen molar-refractivity contribution in [2.45, 2.75) is 32.2 Å². The summed E-state index contributed by atoms with van der Waals surface area (Å²) < 4.78 is 6.66. The van der Waals surface area contributed by atoms with Gasteiger partial charge in [0.1, 0.15) is 5.75 Å². The van der Waals surface area contributed by atoms with Gasteiger partial charge in [-0.15, -0.1) is 0 Å². The molecule has 1 aromatic carbocycles. The van der Waals surface area contributed by atoms with Crippen LogP contribution in [0.5, 0.6) is 5.75 Å². The number of hydrogen-bond acceptors (Lipinski definition) is 2. The number of halogens is 1. The number of aromatic nitrogens is 1. The largest absolute Gasteiger partial charge is 0.495 e. The van der Waals surface area contributed by atoms with Crippen molar-refractivity contribution < 1.29 is 4.74 Å². The Balaban J connectivity index is 2.13. The van der Waals surface area contributed by atoms with Crippen molar-refractivity contribution in [2.75, 3.05) is 13.7 Å². The van der Waals surface area contributed by atoms with Crippen LogP contribution >= 0.6 is 15.9 Å². The summed E-state index contributed by atoms with van der Waals surface area (Å²) in [6.45, 7) is 3.20. The molecule has 2 N–H and O–H groups in total. The standard InChI is InChI=1S/C15H19BrN2O/c1-9-7-10-13(16)15(11-5-3-4-6-17-11)18-14(10)12(8-9)19-2/h7-8,11,17-18H,3-6H2,1-2H3. The Labute approximate surface area is 121 Å². The highest BCUT2D eigenvalue weighted by molar-refractivity contribution is 9.10. The fourth-order valence-electron chi connectivity index (χ4n) is 2.89. The molecule has 3 rings (SSSR count). The van der Waals surface area contributed by atoms with E-state index in [9.17, 15) is 0 Å². The van der Waals surface area contributed by atoms with Crippen LogP contribution in [0.25, 0.3) is 10.9 Å². The van der Waals surface area contributed by atoms with Crippen LogP contribution in [-0.2, 0) is 0 Å². The summed E-state index contributed by atoms with van der Waals surface area (Å²) in [5.41, 5.74) is 3.55. The van der Waals surface area contributed by atoms with E-state index < -0.39 is 0 Å². The monoisotopic (exact) mass is 322 g/mol. The number of aryl methyl sites for hydroxylation is 1. The molecule has 0 amide bonds. The van der Waals surface area contributed by atoms with E-state index in [0.29, 0.717) is 6.04 Å². The number of hydrogen-bond donors (Lipinski definition) is 2. The molecule has 0 aliphatic carbocycles. The Hall–Kier alpha value is -1.00. The summed E-state index contributed by atoms with van der Waals surface area (Å²) in [4.78, 5) is 3.55. The molecule has 2 heterocycles. The molecule has 0 saturated carbocycles. The summed E-state index contributed by atoms with van der Waals surface area (Å²) in [5.74, 6) is 0.915. The summed E-state index contributed by atoms with van der Waals surface area (Å²) in [6.07, 6.45) is 3.75. The molecule has 4 heteroatoms. The lowest BCUT2D eigenvalue weighted by Crippen LogP contribution is -2.27. The Morgan fingerprint density at radius 3 is 2.84 bits per heavy atom. The SMILES string of the molecule is COc1cc(C)cc2c(Br)c(C3CCCCN3)[nH]c12. The number of methoxy groups -OCH3 is 1. The predicted molar refractivity (Wildman–Crippen MR) is 81.9 cm³/mol. The Morgan fingerprint density at radius 2 is 2.16 bits per heavy atom. The van der Waals surface area contributed by atoms with Crippen LogP contribution < -0.4 is 10.1 Å². The van der Waals surface area contributed by atoms with Gasteiger partial charge in [0, 0.05) is 21.6 Å². The normalized spacial score (nSPS) is 19.8. The Kier molecular flexibility index (Phi) is 3.54. The van der Waals surface area contributed by atoms with Gasteiger partial charge in [0.15, 0.2) is 0 Å². The zero-order valence-corrected chi connectivity index (χ0v) is 12.9. The van der Waals surface area contributed by atoms with Crippen LogP contribution in [0.15, 0.2) is 16.6 Å². The van der Waals surface area contributed by atoms with E-state index in [4.69, 9.17) is 4.74 Å². The third-order valence-corrected chi connectivity index (χ3v) is 4.71. The summed E-state index contributed by atoms with van der Waals surface area (Å²) in [5, 5.41) is 4.79. The molecular formula is C15H19BrN2O. The molecule has 1 unspecified atom stereocenters. The third-order valence-electron chi connectivity index (χ3n) is 3.86. The molecule has 3 nitrogen and oxygen atoms in total. The Morgan fingerprint density at radius 1 is 1.32 bits per heavy atom. The summed E-state index contributed by atoms with van der Waals surface area (Å²) in [6, 6.07) is 4.69. The first-order chi connectivity index (χ1) is 9.20. The van der Waals surface area contributed by atoms with Crippen LogP contribution in [0.2, 0.25) is 0 Å². The molecule has 1 aliphatic heterocycles. The van der Waals surface area contributed by atoms with Crippen molar-refractivity contribution in [1.82, 2.24) is 10.3 Å². The van der Waals surface area contributed by atoms with Gasteiger partial charge in [-0.25, -0.2) is 0 Å². The van der Waals surface area contributed by atoms with E-state index in [2.05, 4.69) is 45.3 Å². The maximum atomic E-state index is 5.49. The quantitative estimate of drug-likeness (QED) is 0.874. The molecular weight excluding hydrogens is 304 g/mol. The number of H-pyrrole nitrogens is 1. The van der Waals surface area contributed by atoms with Gasteiger partial charge in [-0.05, 0) is 59.9 Å². The molecule has 2 aromatic rings. The fourth-order valence-corrected chi connectivity index (χ4v) is 3.58. The van der Waals surface area contributed by atoms with Gasteiger partial charge in [0.25, 0.3) is 0 Å². The van der Waals surface area contributed by atoms with E-state index in [0.717, 1.165) is 17.8 Å². The van der Waals surface area contributed by atoms with Crippen LogP contribution in [0, 0.1) is 6.92 Å². The topological polar surface area (TPSA) is 37.0 Å². The van der Waals surface area contributed by atoms with Gasteiger partial charge in [-0.3, -0.25) is 0 Å². The number of piperidine rings is 1. The van der Waals surface area contributed by atoms with Crippen LogP contribution in [0.1, 0.15) is 36.6 Å². The van der Waals surface area contributed by atoms with Crippen molar-refractivity contribution in [3.8, 4) is 5.75 Å². The molecule has 0 bridgehead atoms. The second-order valence-corrected chi connectivity index (χ2v) is 6.04. The third kappa shape index (κ3) is 2.28. The Bertz CT molecular complexity index is 600. The average Bonchev–Trinajstić information content (AvgIpc) is 2.76. The molecule has 1 saturated heterocycles. The van der Waals surface area contributed by atoms with E-state index in [-0.39, 0.29) is 0 Å². The first-order valence-corrected chi connectivity index (χ1v) is 7.59. The molecule has 1 aromatic heterocycles. The molecule has 0 spiro atoms. The maximum absolute atomic E-state index is 5.49. The minimum absolute atomic E-state index is 0.417. The molecule has 19 heavy (non-hydrogen) atoms. The van der Waals surface area contributed by atoms with E-state index in [1.54, 1.807) is 7.11 Å². The van der Waals surface area contributed by atoms with Crippen LogP contribution in [0.4, 0.5) is 0 Å². The number of benzene rings is 1. The smallest absolute Gasteiger partial charge is 0.143 e. The van der Waals surface area contributed by atoms with E-state index in [1.807, 2.05) is 0 Å². The van der Waals surface area contributed by atoms with Crippen LogP contribution in [-0.4, -0.2) is 18.6 Å². The second kappa shape index (κ2) is 5.17.